The van der Waals surface area contributed by atoms with Gasteiger partial charge in [-0.2, -0.15) is 0 Å². The summed E-state index contributed by atoms with van der Waals surface area (Å²) in [4.78, 5) is 73.2. The number of carbonyl (C=O) groups is 4. The van der Waals surface area contributed by atoms with Gasteiger partial charge >= 0.3 is 39.5 Å². The molecule has 0 aromatic heterocycles. The van der Waals surface area contributed by atoms with Crippen molar-refractivity contribution in [1.82, 2.24) is 0 Å². The number of hydrogen-bond acceptors (Lipinski definition) is 15. The fourth-order valence-electron chi connectivity index (χ4n) is 13.5. The lowest BCUT2D eigenvalue weighted by molar-refractivity contribution is -0.161. The number of aliphatic hydroxyl groups is 1. The Hall–Kier alpha value is -1.94. The average Bonchev–Trinajstić information content (AvgIpc) is 0.918. The highest BCUT2D eigenvalue weighted by Gasteiger charge is 2.30. The number of unbranched alkanes of at least 4 members (excludes halogenated alkanes) is 58. The third-order valence-corrected chi connectivity index (χ3v) is 22.2. The Kier molecular flexibility index (Phi) is 77.3. The summed E-state index contributed by atoms with van der Waals surface area (Å²) in [5, 5.41) is 10.7. The number of hydrogen-bond donors (Lipinski definition) is 3. The van der Waals surface area contributed by atoms with Gasteiger partial charge in [-0.1, -0.05) is 413 Å². The van der Waals surface area contributed by atoms with E-state index >= 15 is 0 Å². The van der Waals surface area contributed by atoms with Gasteiger partial charge in [0.1, 0.15) is 19.3 Å². The van der Waals surface area contributed by atoms with Crippen molar-refractivity contribution in [3.63, 3.8) is 0 Å². The van der Waals surface area contributed by atoms with Crippen LogP contribution in [-0.4, -0.2) is 96.7 Å². The largest absolute Gasteiger partial charge is 0.472 e. The molecule has 624 valence electrons. The zero-order valence-corrected chi connectivity index (χ0v) is 70.7. The molecule has 0 saturated carbocycles. The quantitative estimate of drug-likeness (QED) is 0.0222. The highest BCUT2D eigenvalue weighted by atomic mass is 31.2. The Morgan fingerprint density at radius 3 is 0.648 bits per heavy atom. The van der Waals surface area contributed by atoms with Crippen LogP contribution in [0.1, 0.15) is 465 Å². The lowest BCUT2D eigenvalue weighted by Gasteiger charge is -2.21. The van der Waals surface area contributed by atoms with Crippen molar-refractivity contribution in [3.05, 3.63) is 0 Å². The summed E-state index contributed by atoms with van der Waals surface area (Å²) in [7, 11) is -9.93. The summed E-state index contributed by atoms with van der Waals surface area (Å²) < 4.78 is 68.9. The molecule has 5 atom stereocenters. The van der Waals surface area contributed by atoms with Gasteiger partial charge in [-0.05, 0) is 31.6 Å². The molecule has 0 saturated heterocycles. The average molecular weight is 1540 g/mol. The predicted molar refractivity (Wildman–Crippen MR) is 432 cm³/mol. The lowest BCUT2D eigenvalue weighted by Crippen LogP contribution is -2.30. The second kappa shape index (κ2) is 78.7. The van der Waals surface area contributed by atoms with Gasteiger partial charge in [-0.25, -0.2) is 9.13 Å². The van der Waals surface area contributed by atoms with Gasteiger partial charge in [0.05, 0.1) is 26.4 Å². The van der Waals surface area contributed by atoms with E-state index in [4.69, 9.17) is 37.0 Å². The van der Waals surface area contributed by atoms with Crippen molar-refractivity contribution in [2.45, 2.75) is 483 Å². The van der Waals surface area contributed by atoms with E-state index in [9.17, 15) is 43.2 Å². The smallest absolute Gasteiger partial charge is 0.462 e. The van der Waals surface area contributed by atoms with Crippen molar-refractivity contribution in [2.24, 2.45) is 5.92 Å². The van der Waals surface area contributed by atoms with Crippen molar-refractivity contribution in [3.8, 4) is 0 Å². The van der Waals surface area contributed by atoms with Crippen molar-refractivity contribution < 1.29 is 80.2 Å². The second-order valence-electron chi connectivity index (χ2n) is 31.4. The van der Waals surface area contributed by atoms with Crippen LogP contribution in [0.4, 0.5) is 0 Å². The standard InChI is InChI=1S/C86H168O17P2/c1-6-9-12-15-18-21-24-27-29-31-33-34-36-38-40-43-46-51-57-62-67-72-86(91)102-81(75-96-83(88)69-64-59-54-49-44-42-39-37-35-32-30-28-25-22-19-16-13-10-7-2)77-100-104(92,93)98-73-80(87)74-99-105(94,95)101-78-82(76-97-84(89)70-65-60-55-52-47-48-53-58-63-68-79(4)5)103-85(90)71-66-61-56-50-45-41-26-23-20-17-14-11-8-3/h79-82,87H,6-78H2,1-5H3,(H,92,93)(H,94,95)/t80-,81-,82-/m1/s1. The van der Waals surface area contributed by atoms with Gasteiger partial charge in [0, 0.05) is 25.7 Å². The molecule has 2 unspecified atom stereocenters. The van der Waals surface area contributed by atoms with E-state index in [0.29, 0.717) is 25.7 Å². The normalized spacial score (nSPS) is 13.8. The first-order valence-electron chi connectivity index (χ1n) is 44.6. The number of aliphatic hydroxyl groups excluding tert-OH is 1. The number of phosphoric ester groups is 2. The Bertz CT molecular complexity index is 2000. The molecule has 0 aliphatic heterocycles. The van der Waals surface area contributed by atoms with E-state index in [-0.39, 0.29) is 25.7 Å². The second-order valence-corrected chi connectivity index (χ2v) is 34.3. The number of ether oxygens (including phenoxy) is 4. The van der Waals surface area contributed by atoms with Crippen LogP contribution in [0.15, 0.2) is 0 Å². The zero-order chi connectivity index (χ0) is 76.9. The van der Waals surface area contributed by atoms with Crippen LogP contribution < -0.4 is 0 Å². The first-order valence-corrected chi connectivity index (χ1v) is 47.6. The molecular weight excluding hydrogens is 1370 g/mol. The maximum atomic E-state index is 13.1. The molecule has 0 aromatic rings. The number of rotatable bonds is 86. The van der Waals surface area contributed by atoms with Crippen LogP contribution in [-0.2, 0) is 65.4 Å². The Morgan fingerprint density at radius 1 is 0.257 bits per heavy atom. The maximum Gasteiger partial charge on any atom is 0.472 e. The fraction of sp³-hybridized carbons (Fsp3) is 0.953. The Balaban J connectivity index is 5.23. The minimum atomic E-state index is -4.97. The molecule has 19 heteroatoms. The Labute approximate surface area is 645 Å². The van der Waals surface area contributed by atoms with Crippen LogP contribution in [0.5, 0.6) is 0 Å². The molecular formula is C86H168O17P2. The molecule has 0 spiro atoms. The third-order valence-electron chi connectivity index (χ3n) is 20.3. The van der Waals surface area contributed by atoms with Gasteiger partial charge in [0.25, 0.3) is 0 Å². The highest BCUT2D eigenvalue weighted by molar-refractivity contribution is 7.47. The molecule has 0 rings (SSSR count). The zero-order valence-electron chi connectivity index (χ0n) is 68.9. The van der Waals surface area contributed by atoms with Gasteiger partial charge in [0.2, 0.25) is 0 Å². The van der Waals surface area contributed by atoms with Gasteiger partial charge in [-0.3, -0.25) is 37.3 Å². The van der Waals surface area contributed by atoms with E-state index in [1.165, 1.54) is 289 Å². The molecule has 17 nitrogen and oxygen atoms in total. The minimum Gasteiger partial charge on any atom is -0.462 e. The van der Waals surface area contributed by atoms with Crippen LogP contribution >= 0.6 is 15.6 Å². The molecule has 0 heterocycles. The fourth-order valence-corrected chi connectivity index (χ4v) is 15.1. The van der Waals surface area contributed by atoms with Crippen LogP contribution in [0.25, 0.3) is 0 Å². The van der Waals surface area contributed by atoms with Gasteiger partial charge in [0.15, 0.2) is 12.2 Å². The monoisotopic (exact) mass is 1540 g/mol. The summed E-state index contributed by atoms with van der Waals surface area (Å²) in [5.41, 5.74) is 0. The summed E-state index contributed by atoms with van der Waals surface area (Å²) in [5.74, 6) is -1.36. The summed E-state index contributed by atoms with van der Waals surface area (Å²) >= 11 is 0. The molecule has 105 heavy (non-hydrogen) atoms. The van der Waals surface area contributed by atoms with E-state index in [0.717, 1.165) is 95.8 Å². The molecule has 0 bridgehead atoms. The Morgan fingerprint density at radius 2 is 0.438 bits per heavy atom. The number of phosphoric acid groups is 2. The van der Waals surface area contributed by atoms with E-state index < -0.39 is 97.5 Å². The maximum absolute atomic E-state index is 13.1. The van der Waals surface area contributed by atoms with Gasteiger partial charge < -0.3 is 33.8 Å². The molecule has 3 N–H and O–H groups in total. The topological polar surface area (TPSA) is 237 Å². The summed E-state index contributed by atoms with van der Waals surface area (Å²) in [6.45, 7) is 7.34. The lowest BCUT2D eigenvalue weighted by atomic mass is 10.0. The molecule has 0 fully saturated rings. The van der Waals surface area contributed by atoms with Crippen molar-refractivity contribution in [1.29, 1.82) is 0 Å². The van der Waals surface area contributed by atoms with Crippen LogP contribution in [0.2, 0.25) is 0 Å². The molecule has 0 amide bonds. The van der Waals surface area contributed by atoms with E-state index in [1.807, 2.05) is 0 Å². The molecule has 0 aliphatic rings. The van der Waals surface area contributed by atoms with Gasteiger partial charge in [-0.15, -0.1) is 0 Å². The molecule has 0 aromatic carbocycles. The summed E-state index contributed by atoms with van der Waals surface area (Å²) in [6.07, 6.45) is 72.3. The van der Waals surface area contributed by atoms with E-state index in [2.05, 4.69) is 34.6 Å². The predicted octanol–water partition coefficient (Wildman–Crippen LogP) is 26.4. The summed E-state index contributed by atoms with van der Waals surface area (Å²) in [6, 6.07) is 0. The molecule has 0 aliphatic carbocycles. The van der Waals surface area contributed by atoms with Crippen molar-refractivity contribution in [2.75, 3.05) is 39.6 Å². The number of esters is 4. The first kappa shape index (κ1) is 103. The molecule has 0 radical (unpaired) electrons. The first-order chi connectivity index (χ1) is 51.0. The third kappa shape index (κ3) is 79.9. The minimum absolute atomic E-state index is 0.108. The SMILES string of the molecule is CCCCCCCCCCCCCCCCCCCCCCCC(=O)O[C@H](COC(=O)CCCCCCCCCCCCCCCCCCCCC)COP(=O)(O)OC[C@@H](O)COP(=O)(O)OC[C@@H](COC(=O)CCCCCCCCCCCC(C)C)OC(=O)CCCCCCCCCCCCCCC. The highest BCUT2D eigenvalue weighted by Crippen LogP contribution is 2.45. The van der Waals surface area contributed by atoms with Crippen LogP contribution in [0.3, 0.4) is 0 Å². The van der Waals surface area contributed by atoms with Crippen LogP contribution in [0, 0.1) is 5.92 Å². The number of carbonyl (C=O) groups excluding carboxylic acids is 4. The van der Waals surface area contributed by atoms with Crippen molar-refractivity contribution >= 4 is 39.5 Å². The van der Waals surface area contributed by atoms with E-state index in [1.54, 1.807) is 0 Å².